The van der Waals surface area contributed by atoms with E-state index in [0.29, 0.717) is 11.3 Å². The van der Waals surface area contributed by atoms with Gasteiger partial charge >= 0.3 is 5.97 Å². The van der Waals surface area contributed by atoms with E-state index in [1.807, 2.05) is 36.4 Å². The highest BCUT2D eigenvalue weighted by atomic mass is 35.5. The lowest BCUT2D eigenvalue weighted by Gasteiger charge is -2.08. The first-order valence-electron chi connectivity index (χ1n) is 8.59. The average Bonchev–Trinajstić information content (AvgIpc) is 2.71. The maximum absolute atomic E-state index is 12.0. The van der Waals surface area contributed by atoms with Gasteiger partial charge in [0.25, 0.3) is 5.91 Å². The van der Waals surface area contributed by atoms with E-state index in [9.17, 15) is 9.59 Å². The second kappa shape index (κ2) is 9.57. The standard InChI is InChI=1S/C21H17ClN2O5/c22-17-10-14(8-9-19(17)29-13-21(26)27)11-23-24-20(25)12-28-18-7-3-5-15-4-1-2-6-16(15)18/h1-11H,12-13H2,(H,24,25)(H,26,27)/b23-11+. The highest BCUT2D eigenvalue weighted by molar-refractivity contribution is 6.32. The number of rotatable bonds is 8. The van der Waals surface area contributed by atoms with Crippen molar-refractivity contribution in [2.24, 2.45) is 5.10 Å². The molecule has 29 heavy (non-hydrogen) atoms. The fourth-order valence-electron chi connectivity index (χ4n) is 2.53. The summed E-state index contributed by atoms with van der Waals surface area (Å²) < 4.78 is 10.6. The predicted octanol–water partition coefficient (Wildman–Crippen LogP) is 3.49. The summed E-state index contributed by atoms with van der Waals surface area (Å²) in [6.07, 6.45) is 1.41. The highest BCUT2D eigenvalue weighted by Gasteiger charge is 2.06. The largest absolute Gasteiger partial charge is 0.483 e. The van der Waals surface area contributed by atoms with Crippen LogP contribution in [0.2, 0.25) is 5.02 Å². The fraction of sp³-hybridized carbons (Fsp3) is 0.0952. The maximum Gasteiger partial charge on any atom is 0.341 e. The number of amides is 1. The Morgan fingerprint density at radius 3 is 2.55 bits per heavy atom. The van der Waals surface area contributed by atoms with E-state index in [1.54, 1.807) is 18.2 Å². The number of carbonyl (C=O) groups excluding carboxylic acids is 1. The number of hydrazone groups is 1. The van der Waals surface area contributed by atoms with Crippen molar-refractivity contribution in [1.82, 2.24) is 5.43 Å². The Kier molecular flexibility index (Phi) is 6.65. The second-order valence-corrected chi connectivity index (χ2v) is 6.34. The SMILES string of the molecule is O=C(O)COc1ccc(/C=N/NC(=O)COc2cccc3ccccc23)cc1Cl. The number of ether oxygens (including phenoxy) is 2. The topological polar surface area (TPSA) is 97.2 Å². The lowest BCUT2D eigenvalue weighted by molar-refractivity contribution is -0.139. The van der Waals surface area contributed by atoms with Gasteiger partial charge in [-0.2, -0.15) is 5.10 Å². The quantitative estimate of drug-likeness (QED) is 0.436. The van der Waals surface area contributed by atoms with Gasteiger partial charge in [-0.1, -0.05) is 48.0 Å². The van der Waals surface area contributed by atoms with Gasteiger partial charge in [0.1, 0.15) is 11.5 Å². The van der Waals surface area contributed by atoms with Gasteiger partial charge in [0.05, 0.1) is 11.2 Å². The van der Waals surface area contributed by atoms with Crippen LogP contribution in [0.5, 0.6) is 11.5 Å². The summed E-state index contributed by atoms with van der Waals surface area (Å²) in [5.74, 6) is -0.647. The van der Waals surface area contributed by atoms with E-state index < -0.39 is 18.5 Å². The minimum Gasteiger partial charge on any atom is -0.483 e. The second-order valence-electron chi connectivity index (χ2n) is 5.93. The zero-order valence-corrected chi connectivity index (χ0v) is 15.9. The van der Waals surface area contributed by atoms with Crippen molar-refractivity contribution >= 4 is 40.5 Å². The molecule has 0 spiro atoms. The number of carboxylic acid groups (broad SMARTS) is 1. The number of hydrogen-bond acceptors (Lipinski definition) is 5. The van der Waals surface area contributed by atoms with E-state index in [2.05, 4.69) is 10.5 Å². The van der Waals surface area contributed by atoms with Crippen LogP contribution in [0.25, 0.3) is 10.8 Å². The molecule has 0 fully saturated rings. The average molecular weight is 413 g/mol. The number of carbonyl (C=O) groups is 2. The lowest BCUT2D eigenvalue weighted by atomic mass is 10.1. The van der Waals surface area contributed by atoms with Crippen molar-refractivity contribution in [3.8, 4) is 11.5 Å². The summed E-state index contributed by atoms with van der Waals surface area (Å²) in [5.41, 5.74) is 2.98. The Hall–Kier alpha value is -3.58. The van der Waals surface area contributed by atoms with E-state index in [0.717, 1.165) is 10.8 Å². The summed E-state index contributed by atoms with van der Waals surface area (Å²) in [6.45, 7) is -0.673. The number of halogens is 1. The molecule has 3 aromatic carbocycles. The molecule has 0 aliphatic heterocycles. The first-order valence-corrected chi connectivity index (χ1v) is 8.97. The van der Waals surface area contributed by atoms with Crippen molar-refractivity contribution in [3.05, 3.63) is 71.2 Å². The number of nitrogens with one attached hydrogen (secondary N) is 1. The molecule has 0 saturated heterocycles. The van der Waals surface area contributed by atoms with Gasteiger partial charge in [-0.15, -0.1) is 0 Å². The van der Waals surface area contributed by atoms with E-state index in [4.69, 9.17) is 26.2 Å². The van der Waals surface area contributed by atoms with Crippen molar-refractivity contribution in [3.63, 3.8) is 0 Å². The first kappa shape index (κ1) is 20.2. The Balaban J connectivity index is 1.53. The highest BCUT2D eigenvalue weighted by Crippen LogP contribution is 2.25. The molecule has 0 aromatic heterocycles. The molecule has 0 atom stereocenters. The van der Waals surface area contributed by atoms with Crippen LogP contribution in [0.15, 0.2) is 65.8 Å². The summed E-state index contributed by atoms with van der Waals surface area (Å²) in [5, 5.41) is 14.7. The zero-order chi connectivity index (χ0) is 20.6. The molecular weight excluding hydrogens is 396 g/mol. The molecule has 2 N–H and O–H groups in total. The van der Waals surface area contributed by atoms with Gasteiger partial charge in [0.15, 0.2) is 13.2 Å². The van der Waals surface area contributed by atoms with Crippen molar-refractivity contribution in [1.29, 1.82) is 0 Å². The van der Waals surface area contributed by atoms with Crippen LogP contribution in [0.4, 0.5) is 0 Å². The molecule has 0 aliphatic carbocycles. The molecule has 3 rings (SSSR count). The zero-order valence-electron chi connectivity index (χ0n) is 15.2. The van der Waals surface area contributed by atoms with Gasteiger partial charge in [0.2, 0.25) is 0 Å². The van der Waals surface area contributed by atoms with Crippen LogP contribution in [-0.4, -0.2) is 36.4 Å². The summed E-state index contributed by atoms with van der Waals surface area (Å²) in [4.78, 5) is 22.5. The van der Waals surface area contributed by atoms with Crippen LogP contribution in [-0.2, 0) is 9.59 Å². The monoisotopic (exact) mass is 412 g/mol. The van der Waals surface area contributed by atoms with Gasteiger partial charge in [-0.05, 0) is 35.2 Å². The third kappa shape index (κ3) is 5.70. The van der Waals surface area contributed by atoms with Crippen LogP contribution in [0.1, 0.15) is 5.56 Å². The van der Waals surface area contributed by atoms with Gasteiger partial charge in [-0.25, -0.2) is 10.2 Å². The Morgan fingerprint density at radius 1 is 1.00 bits per heavy atom. The molecule has 3 aromatic rings. The molecule has 0 radical (unpaired) electrons. The van der Waals surface area contributed by atoms with Crippen molar-refractivity contribution < 1.29 is 24.2 Å². The van der Waals surface area contributed by atoms with E-state index in [-0.39, 0.29) is 17.4 Å². The summed E-state index contributed by atoms with van der Waals surface area (Å²) in [6, 6.07) is 18.1. The smallest absolute Gasteiger partial charge is 0.341 e. The lowest BCUT2D eigenvalue weighted by Crippen LogP contribution is -2.24. The molecule has 0 saturated carbocycles. The molecule has 1 amide bonds. The molecule has 8 heteroatoms. The minimum absolute atomic E-state index is 0.186. The number of hydrogen-bond donors (Lipinski definition) is 2. The molecule has 0 bridgehead atoms. The number of benzene rings is 3. The molecule has 148 valence electrons. The Bertz CT molecular complexity index is 1060. The third-order valence-corrected chi connectivity index (χ3v) is 4.11. The van der Waals surface area contributed by atoms with Gasteiger partial charge < -0.3 is 14.6 Å². The van der Waals surface area contributed by atoms with Crippen LogP contribution >= 0.6 is 11.6 Å². The van der Waals surface area contributed by atoms with E-state index >= 15 is 0 Å². The maximum atomic E-state index is 12.0. The van der Waals surface area contributed by atoms with Gasteiger partial charge in [-0.3, -0.25) is 4.79 Å². The molecule has 0 unspecified atom stereocenters. The summed E-state index contributed by atoms with van der Waals surface area (Å²) >= 11 is 6.03. The molecule has 0 heterocycles. The number of nitrogens with zero attached hydrogens (tertiary/aromatic N) is 1. The number of fused-ring (bicyclic) bond motifs is 1. The predicted molar refractivity (Wildman–Crippen MR) is 110 cm³/mol. The molecule has 0 aliphatic rings. The molecule has 7 nitrogen and oxygen atoms in total. The van der Waals surface area contributed by atoms with Gasteiger partial charge in [0, 0.05) is 5.39 Å². The third-order valence-electron chi connectivity index (χ3n) is 3.82. The molecular formula is C21H17ClN2O5. The minimum atomic E-state index is -1.10. The van der Waals surface area contributed by atoms with Crippen LogP contribution in [0.3, 0.4) is 0 Å². The van der Waals surface area contributed by atoms with Crippen LogP contribution < -0.4 is 14.9 Å². The van der Waals surface area contributed by atoms with E-state index in [1.165, 1.54) is 12.3 Å². The van der Waals surface area contributed by atoms with Crippen LogP contribution in [0, 0.1) is 0 Å². The van der Waals surface area contributed by atoms with Crippen molar-refractivity contribution in [2.45, 2.75) is 0 Å². The fourth-order valence-corrected chi connectivity index (χ4v) is 2.77. The first-order chi connectivity index (χ1) is 14.0. The Labute approximate surface area is 171 Å². The van der Waals surface area contributed by atoms with Crippen molar-refractivity contribution in [2.75, 3.05) is 13.2 Å². The number of aliphatic carboxylic acids is 1. The normalized spacial score (nSPS) is 10.8. The Morgan fingerprint density at radius 2 is 1.76 bits per heavy atom. The number of carboxylic acids is 1. The summed E-state index contributed by atoms with van der Waals surface area (Å²) in [7, 11) is 0.